The summed E-state index contributed by atoms with van der Waals surface area (Å²) in [6.07, 6.45) is 0. The zero-order chi connectivity index (χ0) is 28.6. The smallest absolute Gasteiger partial charge is 0.264 e. The largest absolute Gasteiger partial charge is 0.497 e. The zero-order valence-electron chi connectivity index (χ0n) is 23.1. The van der Waals surface area contributed by atoms with E-state index in [9.17, 15) is 18.0 Å². The number of rotatable bonds is 12. The molecule has 0 fully saturated rings. The third-order valence-corrected chi connectivity index (χ3v) is 8.19. The molecule has 0 aromatic heterocycles. The Morgan fingerprint density at radius 3 is 2.23 bits per heavy atom. The second-order valence-corrected chi connectivity index (χ2v) is 11.7. The molecule has 0 bridgehead atoms. The molecule has 208 valence electrons. The van der Waals surface area contributed by atoms with Crippen molar-refractivity contribution in [1.29, 1.82) is 0 Å². The van der Waals surface area contributed by atoms with Crippen LogP contribution in [0.5, 0.6) is 5.75 Å². The molecule has 0 aliphatic rings. The number of hydrogen-bond donors (Lipinski definition) is 1. The summed E-state index contributed by atoms with van der Waals surface area (Å²) in [6, 6.07) is 21.3. The first-order valence-corrected chi connectivity index (χ1v) is 14.3. The number of benzene rings is 3. The van der Waals surface area contributed by atoms with Gasteiger partial charge in [-0.05, 0) is 55.2 Å². The molecule has 0 spiro atoms. The number of ether oxygens (including phenoxy) is 1. The number of nitrogens with zero attached hydrogens (tertiary/aromatic N) is 2. The van der Waals surface area contributed by atoms with Gasteiger partial charge in [0, 0.05) is 19.2 Å². The van der Waals surface area contributed by atoms with Crippen molar-refractivity contribution in [3.8, 4) is 5.75 Å². The number of nitrogens with one attached hydrogen (secondary N) is 1. The SMILES string of the molecule is COc1cccc(N(CC(=O)N(Cc2ccccc2C)[C@@H](C)C(=O)NCC(C)C)S(=O)(=O)c2ccccc2)c1. The van der Waals surface area contributed by atoms with Crippen LogP contribution in [0.2, 0.25) is 0 Å². The van der Waals surface area contributed by atoms with E-state index in [1.165, 1.54) is 24.1 Å². The number of hydrogen-bond acceptors (Lipinski definition) is 5. The van der Waals surface area contributed by atoms with E-state index in [2.05, 4.69) is 5.32 Å². The highest BCUT2D eigenvalue weighted by Gasteiger charge is 2.32. The number of sulfonamides is 1. The Morgan fingerprint density at radius 2 is 1.59 bits per heavy atom. The summed E-state index contributed by atoms with van der Waals surface area (Å²) >= 11 is 0. The monoisotopic (exact) mass is 551 g/mol. The number of carbonyl (C=O) groups excluding carboxylic acids is 2. The Bertz CT molecular complexity index is 1380. The van der Waals surface area contributed by atoms with Gasteiger partial charge in [0.25, 0.3) is 10.0 Å². The predicted molar refractivity (Wildman–Crippen MR) is 153 cm³/mol. The van der Waals surface area contributed by atoms with E-state index >= 15 is 0 Å². The van der Waals surface area contributed by atoms with E-state index in [1.54, 1.807) is 49.4 Å². The van der Waals surface area contributed by atoms with Gasteiger partial charge in [0.1, 0.15) is 18.3 Å². The average Bonchev–Trinajstić information content (AvgIpc) is 2.94. The first kappa shape index (κ1) is 29.7. The van der Waals surface area contributed by atoms with E-state index < -0.39 is 28.5 Å². The molecule has 9 heteroatoms. The third kappa shape index (κ3) is 7.60. The van der Waals surface area contributed by atoms with Crippen molar-refractivity contribution in [3.63, 3.8) is 0 Å². The van der Waals surface area contributed by atoms with Gasteiger partial charge in [-0.3, -0.25) is 13.9 Å². The maximum Gasteiger partial charge on any atom is 0.264 e. The van der Waals surface area contributed by atoms with Crippen LogP contribution >= 0.6 is 0 Å². The van der Waals surface area contributed by atoms with Crippen molar-refractivity contribution in [3.05, 3.63) is 90.0 Å². The molecule has 0 saturated carbocycles. The molecule has 1 atom stereocenters. The lowest BCUT2D eigenvalue weighted by Crippen LogP contribution is -2.51. The fraction of sp³-hybridized carbons (Fsp3) is 0.333. The summed E-state index contributed by atoms with van der Waals surface area (Å²) in [5.74, 6) is -0.120. The van der Waals surface area contributed by atoms with Gasteiger partial charge in [-0.15, -0.1) is 0 Å². The van der Waals surface area contributed by atoms with Crippen molar-refractivity contribution in [2.45, 2.75) is 45.2 Å². The molecule has 0 heterocycles. The first-order chi connectivity index (χ1) is 18.5. The van der Waals surface area contributed by atoms with Gasteiger partial charge in [-0.1, -0.05) is 62.4 Å². The van der Waals surface area contributed by atoms with Gasteiger partial charge < -0.3 is 15.0 Å². The Kier molecular flexibility index (Phi) is 10.1. The van der Waals surface area contributed by atoms with Crippen LogP contribution in [0, 0.1) is 12.8 Å². The Morgan fingerprint density at radius 1 is 0.923 bits per heavy atom. The fourth-order valence-corrected chi connectivity index (χ4v) is 5.45. The van der Waals surface area contributed by atoms with Crippen LogP contribution in [0.25, 0.3) is 0 Å². The molecule has 3 aromatic carbocycles. The molecule has 0 aliphatic heterocycles. The molecule has 8 nitrogen and oxygen atoms in total. The van der Waals surface area contributed by atoms with Crippen LogP contribution in [-0.2, 0) is 26.2 Å². The van der Waals surface area contributed by atoms with Crippen molar-refractivity contribution in [2.24, 2.45) is 5.92 Å². The number of amides is 2. The highest BCUT2D eigenvalue weighted by molar-refractivity contribution is 7.92. The van der Waals surface area contributed by atoms with Crippen LogP contribution in [0.4, 0.5) is 5.69 Å². The van der Waals surface area contributed by atoms with Crippen LogP contribution in [0.3, 0.4) is 0 Å². The molecule has 2 amide bonds. The van der Waals surface area contributed by atoms with Gasteiger partial charge >= 0.3 is 0 Å². The Labute approximate surface area is 231 Å². The Balaban J connectivity index is 2.03. The maximum absolute atomic E-state index is 14.0. The van der Waals surface area contributed by atoms with Crippen LogP contribution in [-0.4, -0.2) is 51.4 Å². The molecular formula is C30H37N3O5S. The molecule has 39 heavy (non-hydrogen) atoms. The highest BCUT2D eigenvalue weighted by Crippen LogP contribution is 2.27. The topological polar surface area (TPSA) is 96.0 Å². The number of anilines is 1. The normalized spacial score (nSPS) is 12.1. The van der Waals surface area contributed by atoms with Crippen molar-refractivity contribution >= 4 is 27.5 Å². The molecular weight excluding hydrogens is 514 g/mol. The number of carbonyl (C=O) groups is 2. The van der Waals surface area contributed by atoms with Gasteiger partial charge in [0.2, 0.25) is 11.8 Å². The summed E-state index contributed by atoms with van der Waals surface area (Å²) in [5, 5.41) is 2.89. The van der Waals surface area contributed by atoms with Gasteiger partial charge in [-0.25, -0.2) is 8.42 Å². The summed E-state index contributed by atoms with van der Waals surface area (Å²) in [6.45, 7) is 7.69. The number of methoxy groups -OCH3 is 1. The molecule has 0 aliphatic carbocycles. The first-order valence-electron chi connectivity index (χ1n) is 12.9. The highest BCUT2D eigenvalue weighted by atomic mass is 32.2. The molecule has 0 radical (unpaired) electrons. The van der Waals surface area contributed by atoms with E-state index in [1.807, 2.05) is 45.0 Å². The van der Waals surface area contributed by atoms with Crippen molar-refractivity contribution in [2.75, 3.05) is 24.5 Å². The maximum atomic E-state index is 14.0. The minimum absolute atomic E-state index is 0.0498. The second-order valence-electron chi connectivity index (χ2n) is 9.79. The van der Waals surface area contributed by atoms with Crippen LogP contribution in [0.1, 0.15) is 31.9 Å². The Hall–Kier alpha value is -3.85. The molecule has 0 unspecified atom stereocenters. The zero-order valence-corrected chi connectivity index (χ0v) is 23.9. The quantitative estimate of drug-likeness (QED) is 0.360. The van der Waals surface area contributed by atoms with Gasteiger partial charge in [0.05, 0.1) is 17.7 Å². The van der Waals surface area contributed by atoms with Crippen molar-refractivity contribution < 1.29 is 22.7 Å². The molecule has 3 aromatic rings. The lowest BCUT2D eigenvalue weighted by atomic mass is 10.1. The molecule has 3 rings (SSSR count). The standard InChI is InChI=1S/C30H37N3O5S/c1-22(2)19-31-30(35)24(4)32(20-25-13-10-9-12-23(25)3)29(34)21-33(26-14-11-15-27(18-26)38-5)39(36,37)28-16-7-6-8-17-28/h6-18,22,24H,19-21H2,1-5H3,(H,31,35)/t24-/m0/s1. The predicted octanol–water partition coefficient (Wildman–Crippen LogP) is 4.39. The van der Waals surface area contributed by atoms with E-state index in [4.69, 9.17) is 4.74 Å². The summed E-state index contributed by atoms with van der Waals surface area (Å²) < 4.78 is 34.0. The second kappa shape index (κ2) is 13.3. The lowest BCUT2D eigenvalue weighted by molar-refractivity contribution is -0.139. The fourth-order valence-electron chi connectivity index (χ4n) is 4.02. The van der Waals surface area contributed by atoms with Crippen molar-refractivity contribution in [1.82, 2.24) is 10.2 Å². The summed E-state index contributed by atoms with van der Waals surface area (Å²) in [7, 11) is -2.64. The van der Waals surface area contributed by atoms with Crippen LogP contribution < -0.4 is 14.4 Å². The molecule has 1 N–H and O–H groups in total. The average molecular weight is 552 g/mol. The van der Waals surface area contributed by atoms with E-state index in [0.29, 0.717) is 12.3 Å². The van der Waals surface area contributed by atoms with E-state index in [0.717, 1.165) is 15.4 Å². The van der Waals surface area contributed by atoms with Gasteiger partial charge in [-0.2, -0.15) is 0 Å². The minimum atomic E-state index is -4.13. The summed E-state index contributed by atoms with van der Waals surface area (Å²) in [5.41, 5.74) is 2.11. The number of aryl methyl sites for hydroxylation is 1. The third-order valence-electron chi connectivity index (χ3n) is 6.41. The minimum Gasteiger partial charge on any atom is -0.497 e. The van der Waals surface area contributed by atoms with Gasteiger partial charge in [0.15, 0.2) is 0 Å². The summed E-state index contributed by atoms with van der Waals surface area (Å²) in [4.78, 5) is 28.5. The van der Waals surface area contributed by atoms with E-state index in [-0.39, 0.29) is 29.0 Å². The molecule has 0 saturated heterocycles. The lowest BCUT2D eigenvalue weighted by Gasteiger charge is -2.32. The van der Waals surface area contributed by atoms with Crippen LogP contribution in [0.15, 0.2) is 83.8 Å².